The summed E-state index contributed by atoms with van der Waals surface area (Å²) in [5, 5.41) is 0. The molecule has 1 spiro atoms. The Morgan fingerprint density at radius 2 is 1.89 bits per heavy atom. The van der Waals surface area contributed by atoms with Gasteiger partial charge in [0.25, 0.3) is 5.91 Å². The van der Waals surface area contributed by atoms with Crippen molar-refractivity contribution in [2.75, 3.05) is 18.0 Å². The molecule has 1 aromatic carbocycles. The highest BCUT2D eigenvalue weighted by molar-refractivity contribution is 5.93. The summed E-state index contributed by atoms with van der Waals surface area (Å²) < 4.78 is 13.4. The molecule has 2 fully saturated rings. The van der Waals surface area contributed by atoms with Crippen molar-refractivity contribution in [2.45, 2.75) is 51.1 Å². The Labute approximate surface area is 159 Å². The van der Waals surface area contributed by atoms with Crippen LogP contribution in [0.1, 0.15) is 49.3 Å². The van der Waals surface area contributed by atoms with Crippen LogP contribution >= 0.6 is 0 Å². The Morgan fingerprint density at radius 3 is 2.56 bits per heavy atom. The van der Waals surface area contributed by atoms with Gasteiger partial charge in [0, 0.05) is 30.5 Å². The molecule has 1 amide bonds. The average molecular weight is 368 g/mol. The van der Waals surface area contributed by atoms with Gasteiger partial charge in [0.05, 0.1) is 17.4 Å². The van der Waals surface area contributed by atoms with Crippen molar-refractivity contribution in [3.8, 4) is 0 Å². The molecule has 2 saturated heterocycles. The lowest BCUT2D eigenvalue weighted by atomic mass is 9.87. The molecule has 1 atom stereocenters. The fraction of sp³-hybridized carbons (Fsp3) is 0.476. The standard InChI is InChI=1S/C21H25FN4O/c1-15-11-24-18(12-23-15)19(27)25-10-4-9-21(25)13-20(2,3)26(14-21)17-7-5-16(22)6-8-17/h5-8,11-12H,4,9-10,13-14H2,1-3H3. The lowest BCUT2D eigenvalue weighted by Gasteiger charge is -2.35. The molecule has 1 aromatic heterocycles. The van der Waals surface area contributed by atoms with E-state index in [4.69, 9.17) is 0 Å². The van der Waals surface area contributed by atoms with E-state index in [1.54, 1.807) is 12.4 Å². The van der Waals surface area contributed by atoms with E-state index in [9.17, 15) is 9.18 Å². The summed E-state index contributed by atoms with van der Waals surface area (Å²) in [6.45, 7) is 7.73. The van der Waals surface area contributed by atoms with Crippen molar-refractivity contribution < 1.29 is 9.18 Å². The first-order valence-corrected chi connectivity index (χ1v) is 9.45. The largest absolute Gasteiger partial charge is 0.364 e. The number of carbonyl (C=O) groups excluding carboxylic acids is 1. The Bertz CT molecular complexity index is 849. The second kappa shape index (κ2) is 6.29. The van der Waals surface area contributed by atoms with Crippen LogP contribution in [0.15, 0.2) is 36.7 Å². The maximum atomic E-state index is 13.4. The van der Waals surface area contributed by atoms with E-state index in [0.29, 0.717) is 5.69 Å². The van der Waals surface area contributed by atoms with E-state index in [-0.39, 0.29) is 22.8 Å². The van der Waals surface area contributed by atoms with Crippen LogP contribution in [0.2, 0.25) is 0 Å². The van der Waals surface area contributed by atoms with Gasteiger partial charge in [0.15, 0.2) is 0 Å². The number of likely N-dealkylation sites (tertiary alicyclic amines) is 1. The number of anilines is 1. The Hall–Kier alpha value is -2.50. The summed E-state index contributed by atoms with van der Waals surface area (Å²) in [6.07, 6.45) is 6.04. The minimum Gasteiger partial charge on any atom is -0.364 e. The number of hydrogen-bond acceptors (Lipinski definition) is 4. The SMILES string of the molecule is Cc1cnc(C(=O)N2CCCC23CN(c2ccc(F)cc2)C(C)(C)C3)cn1. The van der Waals surface area contributed by atoms with Crippen LogP contribution < -0.4 is 4.90 Å². The summed E-state index contributed by atoms with van der Waals surface area (Å²) in [5.41, 5.74) is 1.85. The number of hydrogen-bond donors (Lipinski definition) is 0. The normalized spacial score (nSPS) is 24.0. The zero-order chi connectivity index (χ0) is 19.2. The summed E-state index contributed by atoms with van der Waals surface area (Å²) >= 11 is 0. The summed E-state index contributed by atoms with van der Waals surface area (Å²) in [5.74, 6) is -0.280. The molecule has 0 aliphatic carbocycles. The van der Waals surface area contributed by atoms with Crippen molar-refractivity contribution in [2.24, 2.45) is 0 Å². The number of nitrogens with zero attached hydrogens (tertiary/aromatic N) is 4. The third-order valence-electron chi connectivity index (χ3n) is 5.92. The van der Waals surface area contributed by atoms with Crippen molar-refractivity contribution in [3.05, 3.63) is 53.9 Å². The molecule has 3 heterocycles. The van der Waals surface area contributed by atoms with Crippen LogP contribution in [0.25, 0.3) is 0 Å². The first kappa shape index (κ1) is 17.9. The highest BCUT2D eigenvalue weighted by Crippen LogP contribution is 2.47. The predicted octanol–water partition coefficient (Wildman–Crippen LogP) is 3.59. The molecule has 2 aliphatic rings. The van der Waals surface area contributed by atoms with Crippen LogP contribution in [0.3, 0.4) is 0 Å². The summed E-state index contributed by atoms with van der Waals surface area (Å²) in [7, 11) is 0. The minimum atomic E-state index is -0.235. The van der Waals surface area contributed by atoms with Crippen molar-refractivity contribution in [1.29, 1.82) is 0 Å². The number of benzene rings is 1. The summed E-state index contributed by atoms with van der Waals surface area (Å²) in [6, 6.07) is 6.64. The maximum Gasteiger partial charge on any atom is 0.274 e. The number of halogens is 1. The maximum absolute atomic E-state index is 13.4. The second-order valence-electron chi connectivity index (χ2n) is 8.38. The summed E-state index contributed by atoms with van der Waals surface area (Å²) in [4.78, 5) is 26.0. The highest BCUT2D eigenvalue weighted by Gasteiger charge is 2.55. The van der Waals surface area contributed by atoms with Crippen LogP contribution in [0.5, 0.6) is 0 Å². The third kappa shape index (κ3) is 3.07. The second-order valence-corrected chi connectivity index (χ2v) is 8.38. The van der Waals surface area contributed by atoms with Crippen molar-refractivity contribution in [3.63, 3.8) is 0 Å². The number of amides is 1. The van der Waals surface area contributed by atoms with Gasteiger partial charge in [-0.3, -0.25) is 9.78 Å². The number of carbonyl (C=O) groups is 1. The molecular formula is C21H25FN4O. The van der Waals surface area contributed by atoms with Gasteiger partial charge in [-0.05, 0) is 64.3 Å². The molecule has 27 heavy (non-hydrogen) atoms. The van der Waals surface area contributed by atoms with Gasteiger partial charge < -0.3 is 9.80 Å². The van der Waals surface area contributed by atoms with E-state index >= 15 is 0 Å². The molecule has 0 N–H and O–H groups in total. The van der Waals surface area contributed by atoms with Crippen LogP contribution in [0, 0.1) is 12.7 Å². The molecule has 0 bridgehead atoms. The third-order valence-corrected chi connectivity index (χ3v) is 5.92. The van der Waals surface area contributed by atoms with Gasteiger partial charge in [-0.1, -0.05) is 0 Å². The van der Waals surface area contributed by atoms with E-state index in [1.165, 1.54) is 12.1 Å². The van der Waals surface area contributed by atoms with Gasteiger partial charge in [-0.15, -0.1) is 0 Å². The first-order valence-electron chi connectivity index (χ1n) is 9.45. The first-order chi connectivity index (χ1) is 12.8. The molecular weight excluding hydrogens is 343 g/mol. The van der Waals surface area contributed by atoms with Gasteiger partial charge in [0.1, 0.15) is 11.5 Å². The monoisotopic (exact) mass is 368 g/mol. The van der Waals surface area contributed by atoms with E-state index in [2.05, 4.69) is 28.7 Å². The number of aromatic nitrogens is 2. The van der Waals surface area contributed by atoms with Gasteiger partial charge in [0.2, 0.25) is 0 Å². The van der Waals surface area contributed by atoms with E-state index in [1.807, 2.05) is 24.0 Å². The lowest BCUT2D eigenvalue weighted by molar-refractivity contribution is 0.0610. The molecule has 0 radical (unpaired) electrons. The molecule has 2 aromatic rings. The fourth-order valence-corrected chi connectivity index (χ4v) is 4.77. The van der Waals surface area contributed by atoms with Crippen LogP contribution in [-0.2, 0) is 0 Å². The van der Waals surface area contributed by atoms with Crippen LogP contribution in [0.4, 0.5) is 10.1 Å². The van der Waals surface area contributed by atoms with Crippen molar-refractivity contribution >= 4 is 11.6 Å². The fourth-order valence-electron chi connectivity index (χ4n) is 4.77. The van der Waals surface area contributed by atoms with Gasteiger partial charge in [-0.2, -0.15) is 0 Å². The molecule has 5 nitrogen and oxygen atoms in total. The quantitative estimate of drug-likeness (QED) is 0.813. The number of aryl methyl sites for hydroxylation is 1. The topological polar surface area (TPSA) is 49.3 Å². The van der Waals surface area contributed by atoms with Crippen LogP contribution in [-0.4, -0.2) is 44.9 Å². The zero-order valence-corrected chi connectivity index (χ0v) is 16.1. The molecule has 4 rings (SSSR count). The zero-order valence-electron chi connectivity index (χ0n) is 16.1. The lowest BCUT2D eigenvalue weighted by Crippen LogP contribution is -2.49. The molecule has 142 valence electrons. The van der Waals surface area contributed by atoms with Gasteiger partial charge in [-0.25, -0.2) is 9.37 Å². The van der Waals surface area contributed by atoms with Crippen molar-refractivity contribution in [1.82, 2.24) is 14.9 Å². The Balaban J connectivity index is 1.64. The Kier molecular flexibility index (Phi) is 4.17. The molecule has 6 heteroatoms. The van der Waals surface area contributed by atoms with Gasteiger partial charge >= 0.3 is 0 Å². The van der Waals surface area contributed by atoms with E-state index in [0.717, 1.165) is 43.7 Å². The highest BCUT2D eigenvalue weighted by atomic mass is 19.1. The average Bonchev–Trinajstić information content (AvgIpc) is 3.15. The molecule has 1 unspecified atom stereocenters. The molecule has 0 saturated carbocycles. The van der Waals surface area contributed by atoms with E-state index < -0.39 is 0 Å². The Morgan fingerprint density at radius 1 is 1.15 bits per heavy atom. The smallest absolute Gasteiger partial charge is 0.274 e. The minimum absolute atomic E-state index is 0.0447. The number of rotatable bonds is 2. The molecule has 2 aliphatic heterocycles. The predicted molar refractivity (Wildman–Crippen MR) is 102 cm³/mol.